The van der Waals surface area contributed by atoms with E-state index in [1.165, 1.54) is 6.07 Å². The van der Waals surface area contributed by atoms with Crippen molar-refractivity contribution in [2.45, 2.75) is 13.0 Å². The van der Waals surface area contributed by atoms with Gasteiger partial charge in [0.25, 0.3) is 5.56 Å². The van der Waals surface area contributed by atoms with Gasteiger partial charge in [-0.05, 0) is 7.05 Å². The second-order valence-corrected chi connectivity index (χ2v) is 3.57. The second-order valence-electron chi connectivity index (χ2n) is 3.57. The molecule has 0 saturated heterocycles. The maximum absolute atomic E-state index is 11.3. The lowest BCUT2D eigenvalue weighted by Crippen LogP contribution is -2.17. The molecule has 0 aliphatic rings. The third-order valence-electron chi connectivity index (χ3n) is 2.12. The molecule has 0 aliphatic heterocycles. The average molecular weight is 241 g/mol. The molecule has 6 heteroatoms. The smallest absolute Gasteiger partial charge is 0.251 e. The number of hydrogen-bond acceptors (Lipinski definition) is 5. The third kappa shape index (κ3) is 5.58. The molecule has 0 bridgehead atoms. The molecule has 0 aliphatic carbocycles. The lowest BCUT2D eigenvalue weighted by molar-refractivity contribution is 0.0716. The minimum Gasteiger partial charge on any atom is -0.382 e. The van der Waals surface area contributed by atoms with Gasteiger partial charge in [-0.15, -0.1) is 0 Å². The predicted molar refractivity (Wildman–Crippen MR) is 64.0 cm³/mol. The molecule has 96 valence electrons. The van der Waals surface area contributed by atoms with Crippen LogP contribution >= 0.6 is 0 Å². The summed E-state index contributed by atoms with van der Waals surface area (Å²) in [7, 11) is 3.44. The monoisotopic (exact) mass is 241 g/mol. The van der Waals surface area contributed by atoms with Crippen LogP contribution in [-0.4, -0.2) is 43.9 Å². The number of H-pyrrole nitrogens is 1. The van der Waals surface area contributed by atoms with E-state index in [0.29, 0.717) is 38.6 Å². The molecule has 0 aromatic carbocycles. The van der Waals surface area contributed by atoms with Gasteiger partial charge in [0.1, 0.15) is 5.82 Å². The predicted octanol–water partition coefficient (Wildman–Crippen LogP) is -0.305. The number of hydrogen-bond donors (Lipinski definition) is 2. The first-order valence-corrected chi connectivity index (χ1v) is 5.56. The maximum Gasteiger partial charge on any atom is 0.251 e. The topological polar surface area (TPSA) is 76.2 Å². The Morgan fingerprint density at radius 3 is 2.94 bits per heavy atom. The molecule has 0 atom stereocenters. The van der Waals surface area contributed by atoms with Crippen LogP contribution in [0.25, 0.3) is 0 Å². The van der Waals surface area contributed by atoms with E-state index in [9.17, 15) is 4.79 Å². The van der Waals surface area contributed by atoms with E-state index in [0.717, 1.165) is 5.69 Å². The molecule has 0 radical (unpaired) electrons. The molecule has 0 amide bonds. The molecule has 0 fully saturated rings. The highest BCUT2D eigenvalue weighted by atomic mass is 16.5. The van der Waals surface area contributed by atoms with Gasteiger partial charge >= 0.3 is 0 Å². The molecule has 17 heavy (non-hydrogen) atoms. The van der Waals surface area contributed by atoms with Gasteiger partial charge in [-0.25, -0.2) is 4.98 Å². The highest BCUT2D eigenvalue weighted by Crippen LogP contribution is 1.93. The van der Waals surface area contributed by atoms with Crippen molar-refractivity contribution in [1.29, 1.82) is 0 Å². The van der Waals surface area contributed by atoms with Crippen molar-refractivity contribution in [2.75, 3.05) is 34.0 Å². The average Bonchev–Trinajstić information content (AvgIpc) is 2.28. The molecule has 2 N–H and O–H groups in total. The van der Waals surface area contributed by atoms with E-state index >= 15 is 0 Å². The normalized spacial score (nSPS) is 10.7. The molecular weight excluding hydrogens is 222 g/mol. The number of ether oxygens (including phenoxy) is 2. The summed E-state index contributed by atoms with van der Waals surface area (Å²) >= 11 is 0. The van der Waals surface area contributed by atoms with Crippen LogP contribution in [0.2, 0.25) is 0 Å². The van der Waals surface area contributed by atoms with Crippen LogP contribution < -0.4 is 10.9 Å². The lowest BCUT2D eigenvalue weighted by Gasteiger charge is -2.05. The summed E-state index contributed by atoms with van der Waals surface area (Å²) in [5.41, 5.74) is 0.611. The van der Waals surface area contributed by atoms with E-state index in [1.807, 2.05) is 7.05 Å². The maximum atomic E-state index is 11.3. The Balaban J connectivity index is 2.44. The van der Waals surface area contributed by atoms with Gasteiger partial charge in [0.05, 0.1) is 25.5 Å². The highest BCUT2D eigenvalue weighted by molar-refractivity contribution is 5.02. The molecule has 6 nitrogen and oxygen atoms in total. The molecule has 1 rings (SSSR count). The molecule has 0 saturated carbocycles. The van der Waals surface area contributed by atoms with Crippen molar-refractivity contribution < 1.29 is 9.47 Å². The first-order valence-electron chi connectivity index (χ1n) is 5.56. The van der Waals surface area contributed by atoms with Crippen LogP contribution in [0.5, 0.6) is 0 Å². The lowest BCUT2D eigenvalue weighted by atomic mass is 10.3. The molecule has 0 unspecified atom stereocenters. The van der Waals surface area contributed by atoms with E-state index in [-0.39, 0.29) is 5.56 Å². The van der Waals surface area contributed by atoms with E-state index in [4.69, 9.17) is 9.47 Å². The Morgan fingerprint density at radius 2 is 2.24 bits per heavy atom. The summed E-state index contributed by atoms with van der Waals surface area (Å²) in [6.07, 6.45) is 0.594. The van der Waals surface area contributed by atoms with Crippen molar-refractivity contribution in [3.8, 4) is 0 Å². The quantitative estimate of drug-likeness (QED) is 0.611. The largest absolute Gasteiger partial charge is 0.382 e. The number of methoxy groups -OCH3 is 1. The minimum absolute atomic E-state index is 0.128. The Morgan fingerprint density at radius 1 is 1.41 bits per heavy atom. The van der Waals surface area contributed by atoms with Gasteiger partial charge in [0.2, 0.25) is 0 Å². The van der Waals surface area contributed by atoms with E-state index in [1.54, 1.807) is 7.11 Å². The number of nitrogens with one attached hydrogen (secondary N) is 2. The van der Waals surface area contributed by atoms with Gasteiger partial charge < -0.3 is 19.8 Å². The van der Waals surface area contributed by atoms with Gasteiger partial charge in [-0.3, -0.25) is 4.79 Å². The summed E-state index contributed by atoms with van der Waals surface area (Å²) in [6, 6.07) is 1.49. The van der Waals surface area contributed by atoms with Crippen molar-refractivity contribution in [1.82, 2.24) is 15.3 Å². The van der Waals surface area contributed by atoms with Crippen LogP contribution in [0, 0.1) is 0 Å². The minimum atomic E-state index is -0.128. The SMILES string of the molecule is CNCc1cc(=O)[nH]c(CCOCCOC)n1. The zero-order chi connectivity index (χ0) is 12.5. The zero-order valence-corrected chi connectivity index (χ0v) is 10.3. The number of aromatic amines is 1. The summed E-state index contributed by atoms with van der Waals surface area (Å²) < 4.78 is 10.2. The van der Waals surface area contributed by atoms with Crippen LogP contribution in [0.4, 0.5) is 0 Å². The van der Waals surface area contributed by atoms with Crippen molar-refractivity contribution in [3.05, 3.63) is 27.9 Å². The Bertz CT molecular complexity index is 378. The van der Waals surface area contributed by atoms with Crippen LogP contribution in [-0.2, 0) is 22.4 Å². The fraction of sp³-hybridized carbons (Fsp3) is 0.636. The summed E-state index contributed by atoms with van der Waals surface area (Å²) in [5.74, 6) is 0.653. The van der Waals surface area contributed by atoms with Gasteiger partial charge in [0.15, 0.2) is 0 Å². The fourth-order valence-corrected chi connectivity index (χ4v) is 1.37. The van der Waals surface area contributed by atoms with Crippen molar-refractivity contribution >= 4 is 0 Å². The van der Waals surface area contributed by atoms with Crippen LogP contribution in [0.3, 0.4) is 0 Å². The van der Waals surface area contributed by atoms with Crippen LogP contribution in [0.15, 0.2) is 10.9 Å². The molecule has 0 spiro atoms. The summed E-state index contributed by atoms with van der Waals surface area (Å²) in [4.78, 5) is 18.3. The number of rotatable bonds is 8. The molecule has 1 heterocycles. The van der Waals surface area contributed by atoms with Gasteiger partial charge in [0, 0.05) is 26.1 Å². The molecular formula is C11H19N3O3. The fourth-order valence-electron chi connectivity index (χ4n) is 1.37. The molecule has 1 aromatic rings. The summed E-state index contributed by atoms with van der Waals surface area (Å²) in [6.45, 7) is 2.23. The Hall–Kier alpha value is -1.24. The summed E-state index contributed by atoms with van der Waals surface area (Å²) in [5, 5.41) is 2.96. The van der Waals surface area contributed by atoms with Crippen molar-refractivity contribution in [2.24, 2.45) is 0 Å². The van der Waals surface area contributed by atoms with Gasteiger partial charge in [-0.2, -0.15) is 0 Å². The Kier molecular flexibility index (Phi) is 6.46. The van der Waals surface area contributed by atoms with Crippen LogP contribution in [0.1, 0.15) is 11.5 Å². The molecule has 1 aromatic heterocycles. The van der Waals surface area contributed by atoms with Gasteiger partial charge in [-0.1, -0.05) is 0 Å². The third-order valence-corrected chi connectivity index (χ3v) is 2.12. The number of aromatic nitrogens is 2. The van der Waals surface area contributed by atoms with E-state index < -0.39 is 0 Å². The first-order chi connectivity index (χ1) is 8.26. The first kappa shape index (κ1) is 13.8. The Labute approximate surface area is 100 Å². The zero-order valence-electron chi connectivity index (χ0n) is 10.3. The number of nitrogens with zero attached hydrogens (tertiary/aromatic N) is 1. The van der Waals surface area contributed by atoms with Crippen molar-refractivity contribution in [3.63, 3.8) is 0 Å². The highest BCUT2D eigenvalue weighted by Gasteiger charge is 2.00. The van der Waals surface area contributed by atoms with E-state index in [2.05, 4.69) is 15.3 Å². The standard InChI is InChI=1S/C11H19N3O3/c1-12-8-9-7-11(15)14-10(13-9)3-4-17-6-5-16-2/h7,12H,3-6,8H2,1-2H3,(H,13,14,15). The second kappa shape index (κ2) is 7.94.